The zero-order chi connectivity index (χ0) is 19.4. The average Bonchev–Trinajstić information content (AvgIpc) is 2.85. The molecule has 0 atom stereocenters. The maximum atomic E-state index is 13.4. The van der Waals surface area contributed by atoms with E-state index in [0.717, 1.165) is 11.4 Å². The summed E-state index contributed by atoms with van der Waals surface area (Å²) in [6, 6.07) is 14.2. The van der Waals surface area contributed by atoms with Crippen LogP contribution in [-0.4, -0.2) is 25.8 Å². The largest absolute Gasteiger partial charge is 0.481 e. The SMILES string of the molecule is CN1/C(=C/C=N/NC(=O)COc2ccccc2F)C(C)(C)c2ccccc21. The smallest absolute Gasteiger partial charge is 0.277 e. The first kappa shape index (κ1) is 18.6. The summed E-state index contributed by atoms with van der Waals surface area (Å²) in [5.74, 6) is -0.939. The third kappa shape index (κ3) is 3.84. The minimum absolute atomic E-state index is 0.0332. The molecule has 0 bridgehead atoms. The van der Waals surface area contributed by atoms with Gasteiger partial charge in [-0.25, -0.2) is 9.82 Å². The molecule has 1 heterocycles. The topological polar surface area (TPSA) is 53.9 Å². The first-order chi connectivity index (χ1) is 12.9. The molecule has 2 aromatic rings. The van der Waals surface area contributed by atoms with Crippen molar-refractivity contribution >= 4 is 17.8 Å². The Hall–Kier alpha value is -3.15. The van der Waals surface area contributed by atoms with E-state index in [9.17, 15) is 9.18 Å². The predicted molar refractivity (Wildman–Crippen MR) is 104 cm³/mol. The summed E-state index contributed by atoms with van der Waals surface area (Å²) in [5.41, 5.74) is 5.70. The number of likely N-dealkylation sites (N-methyl/N-ethyl adjacent to an activating group) is 1. The summed E-state index contributed by atoms with van der Waals surface area (Å²) in [6.07, 6.45) is 3.42. The van der Waals surface area contributed by atoms with Gasteiger partial charge in [0, 0.05) is 30.1 Å². The molecule has 0 unspecified atom stereocenters. The number of carbonyl (C=O) groups excluding carboxylic acids is 1. The van der Waals surface area contributed by atoms with E-state index in [1.807, 2.05) is 25.3 Å². The summed E-state index contributed by atoms with van der Waals surface area (Å²) in [6.45, 7) is 3.98. The number of benzene rings is 2. The molecule has 1 aliphatic heterocycles. The molecule has 1 aliphatic rings. The summed E-state index contributed by atoms with van der Waals surface area (Å²) in [7, 11) is 2.01. The Bertz CT molecular complexity index is 906. The molecule has 3 rings (SSSR count). The van der Waals surface area contributed by atoms with Crippen LogP contribution in [0.4, 0.5) is 10.1 Å². The van der Waals surface area contributed by atoms with Gasteiger partial charge >= 0.3 is 0 Å². The van der Waals surface area contributed by atoms with Gasteiger partial charge in [0.1, 0.15) is 0 Å². The van der Waals surface area contributed by atoms with Crippen molar-refractivity contribution in [1.29, 1.82) is 0 Å². The van der Waals surface area contributed by atoms with Crippen LogP contribution in [0.25, 0.3) is 0 Å². The number of hydrogen-bond donors (Lipinski definition) is 1. The van der Waals surface area contributed by atoms with Crippen LogP contribution in [0.5, 0.6) is 5.75 Å². The lowest BCUT2D eigenvalue weighted by Gasteiger charge is -2.23. The molecule has 0 aromatic heterocycles. The number of rotatable bonds is 5. The average molecular weight is 367 g/mol. The Morgan fingerprint density at radius 2 is 1.93 bits per heavy atom. The fraction of sp³-hybridized carbons (Fsp3) is 0.238. The Kier molecular flexibility index (Phi) is 5.26. The second-order valence-electron chi connectivity index (χ2n) is 6.79. The molecule has 27 heavy (non-hydrogen) atoms. The fourth-order valence-corrected chi connectivity index (χ4v) is 3.26. The van der Waals surface area contributed by atoms with Crippen molar-refractivity contribution in [2.24, 2.45) is 5.10 Å². The predicted octanol–water partition coefficient (Wildman–Crippen LogP) is 3.62. The summed E-state index contributed by atoms with van der Waals surface area (Å²) < 4.78 is 18.6. The molecule has 0 saturated heterocycles. The van der Waals surface area contributed by atoms with E-state index in [2.05, 4.69) is 41.4 Å². The number of hydrazone groups is 1. The zero-order valence-electron chi connectivity index (χ0n) is 15.6. The van der Waals surface area contributed by atoms with Gasteiger partial charge in [0.2, 0.25) is 0 Å². The van der Waals surface area contributed by atoms with Gasteiger partial charge in [0.05, 0.1) is 0 Å². The Labute approximate surface area is 158 Å². The maximum absolute atomic E-state index is 13.4. The van der Waals surface area contributed by atoms with Gasteiger partial charge in [0.15, 0.2) is 18.2 Å². The van der Waals surface area contributed by atoms with E-state index in [1.165, 1.54) is 17.7 Å². The Morgan fingerprint density at radius 1 is 1.22 bits per heavy atom. The number of ether oxygens (including phenoxy) is 1. The van der Waals surface area contributed by atoms with Crippen LogP contribution < -0.4 is 15.1 Å². The number of anilines is 1. The molecule has 0 spiro atoms. The molecular formula is C21H22FN3O2. The van der Waals surface area contributed by atoms with Gasteiger partial charge < -0.3 is 9.64 Å². The minimum atomic E-state index is -0.510. The first-order valence-electron chi connectivity index (χ1n) is 8.64. The van der Waals surface area contributed by atoms with E-state index < -0.39 is 11.7 Å². The summed E-state index contributed by atoms with van der Waals surface area (Å²) in [4.78, 5) is 13.9. The molecule has 0 radical (unpaired) electrons. The minimum Gasteiger partial charge on any atom is -0.481 e. The molecular weight excluding hydrogens is 345 g/mol. The number of amides is 1. The number of fused-ring (bicyclic) bond motifs is 1. The number of allylic oxidation sites excluding steroid dienone is 2. The standard InChI is InChI=1S/C21H22FN3O2/c1-21(2)15-8-4-6-10-17(15)25(3)19(21)12-13-23-24-20(26)14-27-18-11-7-5-9-16(18)22/h4-13H,14H2,1-3H3,(H,24,26)/b19-12+,23-13+. The number of halogens is 1. The van der Waals surface area contributed by atoms with Gasteiger partial charge in [-0.2, -0.15) is 5.10 Å². The van der Waals surface area contributed by atoms with Crippen molar-refractivity contribution in [3.63, 3.8) is 0 Å². The van der Waals surface area contributed by atoms with Gasteiger partial charge in [-0.15, -0.1) is 0 Å². The number of nitrogens with one attached hydrogen (secondary N) is 1. The van der Waals surface area contributed by atoms with Crippen molar-refractivity contribution < 1.29 is 13.9 Å². The third-order valence-corrected chi connectivity index (χ3v) is 4.63. The number of hydrogen-bond acceptors (Lipinski definition) is 4. The van der Waals surface area contributed by atoms with Crippen LogP contribution in [0, 0.1) is 5.82 Å². The van der Waals surface area contributed by atoms with Crippen LogP contribution >= 0.6 is 0 Å². The van der Waals surface area contributed by atoms with Crippen molar-refractivity contribution in [1.82, 2.24) is 5.43 Å². The molecule has 0 saturated carbocycles. The lowest BCUT2D eigenvalue weighted by atomic mass is 9.84. The highest BCUT2D eigenvalue weighted by atomic mass is 19.1. The molecule has 0 aliphatic carbocycles. The van der Waals surface area contributed by atoms with Crippen LogP contribution in [0.15, 0.2) is 65.4 Å². The maximum Gasteiger partial charge on any atom is 0.277 e. The monoisotopic (exact) mass is 367 g/mol. The van der Waals surface area contributed by atoms with E-state index in [4.69, 9.17) is 4.74 Å². The van der Waals surface area contributed by atoms with Gasteiger partial charge in [-0.1, -0.05) is 44.2 Å². The highest BCUT2D eigenvalue weighted by molar-refractivity contribution is 5.82. The Balaban J connectivity index is 1.59. The van der Waals surface area contributed by atoms with E-state index in [1.54, 1.807) is 18.3 Å². The normalized spacial score (nSPS) is 16.6. The van der Waals surface area contributed by atoms with Crippen LogP contribution in [0.3, 0.4) is 0 Å². The molecule has 0 fully saturated rings. The van der Waals surface area contributed by atoms with E-state index in [-0.39, 0.29) is 17.8 Å². The lowest BCUT2D eigenvalue weighted by Crippen LogP contribution is -2.25. The zero-order valence-corrected chi connectivity index (χ0v) is 15.6. The number of carbonyl (C=O) groups is 1. The molecule has 1 N–H and O–H groups in total. The number of para-hydroxylation sites is 2. The lowest BCUT2D eigenvalue weighted by molar-refractivity contribution is -0.123. The fourth-order valence-electron chi connectivity index (χ4n) is 3.26. The molecule has 5 nitrogen and oxygen atoms in total. The molecule has 140 valence electrons. The quantitative estimate of drug-likeness (QED) is 0.649. The van der Waals surface area contributed by atoms with E-state index in [0.29, 0.717) is 0 Å². The van der Waals surface area contributed by atoms with Gasteiger partial charge in [0.25, 0.3) is 5.91 Å². The molecule has 2 aromatic carbocycles. The van der Waals surface area contributed by atoms with Crippen LogP contribution in [0.1, 0.15) is 19.4 Å². The Morgan fingerprint density at radius 3 is 2.67 bits per heavy atom. The van der Waals surface area contributed by atoms with Crippen molar-refractivity contribution in [2.75, 3.05) is 18.6 Å². The summed E-state index contributed by atoms with van der Waals surface area (Å²) in [5, 5.41) is 3.93. The van der Waals surface area contributed by atoms with E-state index >= 15 is 0 Å². The highest BCUT2D eigenvalue weighted by Gasteiger charge is 2.37. The second kappa shape index (κ2) is 7.61. The molecule has 1 amide bonds. The first-order valence-corrected chi connectivity index (χ1v) is 8.64. The van der Waals surface area contributed by atoms with Crippen molar-refractivity contribution in [3.05, 3.63) is 71.7 Å². The summed E-state index contributed by atoms with van der Waals surface area (Å²) >= 11 is 0. The van der Waals surface area contributed by atoms with Crippen LogP contribution in [-0.2, 0) is 10.2 Å². The van der Waals surface area contributed by atoms with Gasteiger partial charge in [-0.3, -0.25) is 4.79 Å². The number of nitrogens with zero attached hydrogens (tertiary/aromatic N) is 2. The second-order valence-corrected chi connectivity index (χ2v) is 6.79. The highest BCUT2D eigenvalue weighted by Crippen LogP contribution is 2.46. The van der Waals surface area contributed by atoms with Crippen molar-refractivity contribution in [3.8, 4) is 5.75 Å². The van der Waals surface area contributed by atoms with Crippen molar-refractivity contribution in [2.45, 2.75) is 19.3 Å². The van der Waals surface area contributed by atoms with Gasteiger partial charge in [-0.05, 0) is 29.8 Å². The molecule has 6 heteroatoms. The third-order valence-electron chi connectivity index (χ3n) is 4.63. The van der Waals surface area contributed by atoms with Crippen LogP contribution in [0.2, 0.25) is 0 Å².